The SMILES string of the molecule is COC(=O)C[C@@H](C(=O)OC)[C@H](NC(=O)[C@@H](O)c1ccc(C(F)(F)F)cc1)C(=O)OC. The molecular weight excluding hydrogens is 415 g/mol. The number of aliphatic hydroxyl groups excluding tert-OH is 1. The van der Waals surface area contributed by atoms with Gasteiger partial charge in [0, 0.05) is 0 Å². The fourth-order valence-corrected chi connectivity index (χ4v) is 2.44. The van der Waals surface area contributed by atoms with E-state index in [1.165, 1.54) is 0 Å². The Balaban J connectivity index is 3.10. The number of esters is 3. The fourth-order valence-electron chi connectivity index (χ4n) is 2.44. The number of ether oxygens (including phenoxy) is 3. The van der Waals surface area contributed by atoms with Gasteiger partial charge in [0.25, 0.3) is 5.91 Å². The lowest BCUT2D eigenvalue weighted by Crippen LogP contribution is -2.51. The summed E-state index contributed by atoms with van der Waals surface area (Å²) in [5, 5.41) is 12.2. The van der Waals surface area contributed by atoms with Crippen LogP contribution in [0.2, 0.25) is 0 Å². The van der Waals surface area contributed by atoms with Gasteiger partial charge in [-0.25, -0.2) is 4.79 Å². The third-order valence-electron chi connectivity index (χ3n) is 4.08. The van der Waals surface area contributed by atoms with Crippen molar-refractivity contribution in [3.8, 4) is 0 Å². The number of nitrogens with one attached hydrogen (secondary N) is 1. The number of hydrogen-bond acceptors (Lipinski definition) is 8. The van der Waals surface area contributed by atoms with Crippen molar-refractivity contribution in [1.29, 1.82) is 0 Å². The quantitative estimate of drug-likeness (QED) is 0.452. The topological polar surface area (TPSA) is 128 Å². The van der Waals surface area contributed by atoms with Crippen LogP contribution in [0.15, 0.2) is 24.3 Å². The molecule has 0 saturated heterocycles. The van der Waals surface area contributed by atoms with Crippen molar-refractivity contribution < 1.29 is 51.7 Å². The molecule has 1 rings (SSSR count). The molecule has 0 radical (unpaired) electrons. The van der Waals surface area contributed by atoms with Crippen molar-refractivity contribution in [2.75, 3.05) is 21.3 Å². The highest BCUT2D eigenvalue weighted by atomic mass is 19.4. The van der Waals surface area contributed by atoms with Crippen molar-refractivity contribution in [2.24, 2.45) is 5.92 Å². The average molecular weight is 435 g/mol. The third kappa shape index (κ3) is 6.44. The van der Waals surface area contributed by atoms with Gasteiger partial charge >= 0.3 is 24.1 Å². The second kappa shape index (κ2) is 10.6. The van der Waals surface area contributed by atoms with Gasteiger partial charge in [-0.15, -0.1) is 0 Å². The number of carbonyl (C=O) groups excluding carboxylic acids is 4. The molecule has 9 nitrogen and oxygen atoms in total. The predicted octanol–water partition coefficient (Wildman–Crippen LogP) is 0.749. The summed E-state index contributed by atoms with van der Waals surface area (Å²) in [4.78, 5) is 48.1. The van der Waals surface area contributed by atoms with Gasteiger partial charge in [0.15, 0.2) is 6.10 Å². The zero-order valence-electron chi connectivity index (χ0n) is 16.2. The molecule has 3 atom stereocenters. The molecule has 0 aliphatic rings. The molecule has 1 aromatic carbocycles. The molecule has 0 heterocycles. The number of hydrogen-bond donors (Lipinski definition) is 2. The molecule has 0 aliphatic heterocycles. The molecule has 0 bridgehead atoms. The molecular formula is C18H20F3NO8. The van der Waals surface area contributed by atoms with Gasteiger partial charge in [-0.05, 0) is 17.7 Å². The second-order valence-electron chi connectivity index (χ2n) is 5.94. The van der Waals surface area contributed by atoms with E-state index in [2.05, 4.69) is 19.5 Å². The van der Waals surface area contributed by atoms with Gasteiger partial charge in [0.1, 0.15) is 6.04 Å². The Morgan fingerprint density at radius 3 is 1.93 bits per heavy atom. The highest BCUT2D eigenvalue weighted by Gasteiger charge is 2.39. The minimum atomic E-state index is -4.61. The normalized spacial score (nSPS) is 14.1. The zero-order valence-corrected chi connectivity index (χ0v) is 16.2. The average Bonchev–Trinajstić information content (AvgIpc) is 2.73. The van der Waals surface area contributed by atoms with Gasteiger partial charge in [0.05, 0.1) is 39.2 Å². The number of halogens is 3. The van der Waals surface area contributed by atoms with Crippen molar-refractivity contribution in [1.82, 2.24) is 5.32 Å². The first-order chi connectivity index (χ1) is 14.0. The maximum absolute atomic E-state index is 12.6. The number of aliphatic hydroxyl groups is 1. The molecule has 30 heavy (non-hydrogen) atoms. The van der Waals surface area contributed by atoms with E-state index >= 15 is 0 Å². The first-order valence-corrected chi connectivity index (χ1v) is 8.34. The van der Waals surface area contributed by atoms with Crippen LogP contribution in [0.1, 0.15) is 23.7 Å². The smallest absolute Gasteiger partial charge is 0.416 e. The van der Waals surface area contributed by atoms with E-state index in [9.17, 15) is 37.5 Å². The van der Waals surface area contributed by atoms with Gasteiger partial charge in [-0.2, -0.15) is 13.2 Å². The highest BCUT2D eigenvalue weighted by molar-refractivity contribution is 5.92. The lowest BCUT2D eigenvalue weighted by atomic mass is 9.95. The minimum absolute atomic E-state index is 0.202. The van der Waals surface area contributed by atoms with E-state index < -0.39 is 60.0 Å². The van der Waals surface area contributed by atoms with Crippen LogP contribution in [0, 0.1) is 5.92 Å². The monoisotopic (exact) mass is 435 g/mol. The summed E-state index contributed by atoms with van der Waals surface area (Å²) in [5.41, 5.74) is -1.19. The standard InChI is InChI=1S/C18H20F3NO8/c1-28-12(23)8-11(16(26)29-2)13(17(27)30-3)22-15(25)14(24)9-4-6-10(7-5-9)18(19,20)21/h4-7,11,13-14,24H,8H2,1-3H3,(H,22,25)/t11-,13+,14+/m1/s1. The molecule has 0 aliphatic carbocycles. The molecule has 0 unspecified atom stereocenters. The van der Waals surface area contributed by atoms with Crippen molar-refractivity contribution in [3.63, 3.8) is 0 Å². The van der Waals surface area contributed by atoms with Gasteiger partial charge in [0.2, 0.25) is 0 Å². The summed E-state index contributed by atoms with van der Waals surface area (Å²) in [6, 6.07) is 1.35. The number of benzene rings is 1. The highest BCUT2D eigenvalue weighted by Crippen LogP contribution is 2.30. The number of rotatable bonds is 8. The maximum Gasteiger partial charge on any atom is 0.416 e. The van der Waals surface area contributed by atoms with Crippen molar-refractivity contribution >= 4 is 23.8 Å². The van der Waals surface area contributed by atoms with Crippen LogP contribution in [0.4, 0.5) is 13.2 Å². The van der Waals surface area contributed by atoms with Gasteiger partial charge in [-0.1, -0.05) is 12.1 Å². The number of carbonyl (C=O) groups is 4. The number of methoxy groups -OCH3 is 3. The summed E-state index contributed by atoms with van der Waals surface area (Å²) in [7, 11) is 2.98. The van der Waals surface area contributed by atoms with Crippen LogP contribution in [0.25, 0.3) is 0 Å². The van der Waals surface area contributed by atoms with E-state index in [4.69, 9.17) is 0 Å². The van der Waals surface area contributed by atoms with E-state index in [1.54, 1.807) is 0 Å². The van der Waals surface area contributed by atoms with E-state index in [1.807, 2.05) is 0 Å². The number of amides is 1. The predicted molar refractivity (Wildman–Crippen MR) is 92.5 cm³/mol. The Kier molecular flexibility index (Phi) is 8.77. The molecule has 0 spiro atoms. The molecule has 1 amide bonds. The van der Waals surface area contributed by atoms with Gasteiger partial charge < -0.3 is 24.6 Å². The van der Waals surface area contributed by atoms with Crippen molar-refractivity contribution in [2.45, 2.75) is 24.7 Å². The van der Waals surface area contributed by atoms with Crippen LogP contribution in [0.5, 0.6) is 0 Å². The lowest BCUT2D eigenvalue weighted by molar-refractivity contribution is -0.159. The zero-order chi connectivity index (χ0) is 23.1. The summed E-state index contributed by atoms with van der Waals surface area (Å²) in [6.45, 7) is 0. The Hall–Kier alpha value is -3.15. The summed E-state index contributed by atoms with van der Waals surface area (Å²) < 4.78 is 51.4. The Labute approximate surface area is 169 Å². The Morgan fingerprint density at radius 2 is 1.50 bits per heavy atom. The molecule has 0 saturated carbocycles. The maximum atomic E-state index is 12.6. The summed E-state index contributed by atoms with van der Waals surface area (Å²) in [5.74, 6) is -5.82. The van der Waals surface area contributed by atoms with Gasteiger partial charge in [-0.3, -0.25) is 14.4 Å². The Bertz CT molecular complexity index is 779. The Morgan fingerprint density at radius 1 is 0.967 bits per heavy atom. The van der Waals surface area contributed by atoms with E-state index in [-0.39, 0.29) is 5.56 Å². The number of alkyl halides is 3. The molecule has 2 N–H and O–H groups in total. The third-order valence-corrected chi connectivity index (χ3v) is 4.08. The fraction of sp³-hybridized carbons (Fsp3) is 0.444. The molecule has 0 fully saturated rings. The molecule has 1 aromatic rings. The minimum Gasteiger partial charge on any atom is -0.469 e. The van der Waals surface area contributed by atoms with Crippen LogP contribution in [-0.4, -0.2) is 56.3 Å². The van der Waals surface area contributed by atoms with Crippen LogP contribution in [-0.2, 0) is 39.6 Å². The molecule has 0 aromatic heterocycles. The van der Waals surface area contributed by atoms with Crippen molar-refractivity contribution in [3.05, 3.63) is 35.4 Å². The molecule has 12 heteroatoms. The van der Waals surface area contributed by atoms with E-state index in [0.29, 0.717) is 12.1 Å². The van der Waals surface area contributed by atoms with Crippen LogP contribution in [0.3, 0.4) is 0 Å². The summed E-state index contributed by atoms with van der Waals surface area (Å²) >= 11 is 0. The second-order valence-corrected chi connectivity index (χ2v) is 5.94. The largest absolute Gasteiger partial charge is 0.469 e. The first-order valence-electron chi connectivity index (χ1n) is 8.34. The van der Waals surface area contributed by atoms with E-state index in [0.717, 1.165) is 33.5 Å². The van der Waals surface area contributed by atoms with Crippen LogP contribution < -0.4 is 5.32 Å². The molecule has 166 valence electrons. The summed E-state index contributed by atoms with van der Waals surface area (Å²) in [6.07, 6.45) is -7.24. The first kappa shape index (κ1) is 24.9. The van der Waals surface area contributed by atoms with Crippen LogP contribution >= 0.6 is 0 Å². The lowest BCUT2D eigenvalue weighted by Gasteiger charge is -2.24.